The van der Waals surface area contributed by atoms with Crippen molar-refractivity contribution >= 4 is 23.2 Å². The largest absolute Gasteiger partial charge is 0.398 e. The number of nitrogens with two attached hydrogens (primary N) is 1. The summed E-state index contributed by atoms with van der Waals surface area (Å²) in [6, 6.07) is 4.96. The van der Waals surface area contributed by atoms with Crippen molar-refractivity contribution in [3.8, 4) is 0 Å². The molecule has 0 spiro atoms. The van der Waals surface area contributed by atoms with Crippen LogP contribution in [0.15, 0.2) is 18.2 Å². The quantitative estimate of drug-likeness (QED) is 0.806. The first-order chi connectivity index (χ1) is 8.78. The highest BCUT2D eigenvalue weighted by atomic mass is 35.5. The van der Waals surface area contributed by atoms with Gasteiger partial charge in [-0.2, -0.15) is 0 Å². The van der Waals surface area contributed by atoms with Crippen LogP contribution >= 0.6 is 11.6 Å². The molecule has 1 amide bonds. The summed E-state index contributed by atoms with van der Waals surface area (Å²) in [6.45, 7) is 7.05. The van der Waals surface area contributed by atoms with E-state index in [1.165, 1.54) is 0 Å². The number of benzene rings is 1. The second kappa shape index (κ2) is 5.02. The number of carbonyl (C=O) groups is 1. The fraction of sp³-hybridized carbons (Fsp3) is 0.500. The molecule has 1 saturated heterocycles. The van der Waals surface area contributed by atoms with Crippen molar-refractivity contribution in [3.05, 3.63) is 28.8 Å². The SMILES string of the molecule is CC1CN(C(=O)c2ccc(Cl)cc2N)CC(C)(C)O1. The van der Waals surface area contributed by atoms with Crippen LogP contribution in [-0.2, 0) is 4.74 Å². The number of ether oxygens (including phenoxy) is 1. The first-order valence-electron chi connectivity index (χ1n) is 6.30. The second-order valence-electron chi connectivity index (χ2n) is 5.61. The van der Waals surface area contributed by atoms with Gasteiger partial charge in [0.05, 0.1) is 17.3 Å². The molecule has 0 radical (unpaired) electrons. The molecule has 104 valence electrons. The Morgan fingerprint density at radius 2 is 2.21 bits per heavy atom. The van der Waals surface area contributed by atoms with E-state index in [1.807, 2.05) is 20.8 Å². The van der Waals surface area contributed by atoms with Crippen molar-refractivity contribution in [1.29, 1.82) is 0 Å². The van der Waals surface area contributed by atoms with E-state index in [-0.39, 0.29) is 17.6 Å². The summed E-state index contributed by atoms with van der Waals surface area (Å²) in [7, 11) is 0. The van der Waals surface area contributed by atoms with Crippen molar-refractivity contribution in [2.24, 2.45) is 0 Å². The fourth-order valence-corrected chi connectivity index (χ4v) is 2.69. The van der Waals surface area contributed by atoms with Gasteiger partial charge in [0.1, 0.15) is 0 Å². The standard InChI is InChI=1S/C14H19ClN2O2/c1-9-7-17(8-14(2,3)19-9)13(18)11-5-4-10(15)6-12(11)16/h4-6,9H,7-8,16H2,1-3H3. The van der Waals surface area contributed by atoms with Gasteiger partial charge >= 0.3 is 0 Å². The third-order valence-corrected chi connectivity index (χ3v) is 3.34. The molecule has 1 fully saturated rings. The van der Waals surface area contributed by atoms with Crippen LogP contribution in [0, 0.1) is 0 Å². The lowest BCUT2D eigenvalue weighted by atomic mass is 10.0. The Balaban J connectivity index is 2.24. The first-order valence-corrected chi connectivity index (χ1v) is 6.68. The summed E-state index contributed by atoms with van der Waals surface area (Å²) < 4.78 is 5.79. The average Bonchev–Trinajstić information content (AvgIpc) is 2.25. The van der Waals surface area contributed by atoms with Crippen LogP contribution in [0.3, 0.4) is 0 Å². The molecule has 1 aliphatic rings. The molecular weight excluding hydrogens is 264 g/mol. The Morgan fingerprint density at radius 3 is 2.79 bits per heavy atom. The van der Waals surface area contributed by atoms with E-state index in [0.29, 0.717) is 29.4 Å². The van der Waals surface area contributed by atoms with Crippen LogP contribution in [0.4, 0.5) is 5.69 Å². The van der Waals surface area contributed by atoms with Gasteiger partial charge in [0, 0.05) is 23.8 Å². The fourth-order valence-electron chi connectivity index (χ4n) is 2.51. The van der Waals surface area contributed by atoms with E-state index < -0.39 is 0 Å². The normalized spacial score (nSPS) is 22.3. The van der Waals surface area contributed by atoms with Gasteiger partial charge in [0.2, 0.25) is 0 Å². The van der Waals surface area contributed by atoms with Crippen LogP contribution < -0.4 is 5.73 Å². The summed E-state index contributed by atoms with van der Waals surface area (Å²) in [6.07, 6.45) is 0.0150. The van der Waals surface area contributed by atoms with Crippen molar-refractivity contribution in [2.75, 3.05) is 18.8 Å². The molecule has 0 aliphatic carbocycles. The molecule has 5 heteroatoms. The zero-order valence-electron chi connectivity index (χ0n) is 11.4. The predicted octanol–water partition coefficient (Wildman–Crippen LogP) is 2.56. The summed E-state index contributed by atoms with van der Waals surface area (Å²) in [4.78, 5) is 14.3. The molecule has 2 rings (SSSR count). The number of morpholine rings is 1. The number of hydrogen-bond acceptors (Lipinski definition) is 3. The van der Waals surface area contributed by atoms with E-state index in [4.69, 9.17) is 22.1 Å². The zero-order chi connectivity index (χ0) is 14.2. The van der Waals surface area contributed by atoms with Gasteiger partial charge in [-0.25, -0.2) is 0 Å². The molecule has 19 heavy (non-hydrogen) atoms. The number of nitrogen functional groups attached to an aromatic ring is 1. The van der Waals surface area contributed by atoms with E-state index >= 15 is 0 Å². The molecule has 1 aliphatic heterocycles. The molecule has 0 saturated carbocycles. The number of amides is 1. The maximum atomic E-state index is 12.5. The molecule has 1 aromatic rings. The van der Waals surface area contributed by atoms with Crippen LogP contribution in [0.5, 0.6) is 0 Å². The van der Waals surface area contributed by atoms with E-state index in [0.717, 1.165) is 0 Å². The highest BCUT2D eigenvalue weighted by molar-refractivity contribution is 6.31. The van der Waals surface area contributed by atoms with E-state index in [2.05, 4.69) is 0 Å². The summed E-state index contributed by atoms with van der Waals surface area (Å²) in [5.41, 5.74) is 6.44. The third kappa shape index (κ3) is 3.19. The third-order valence-electron chi connectivity index (χ3n) is 3.10. The zero-order valence-corrected chi connectivity index (χ0v) is 12.2. The maximum Gasteiger partial charge on any atom is 0.256 e. The average molecular weight is 283 g/mol. The van der Waals surface area contributed by atoms with Gasteiger partial charge in [-0.05, 0) is 39.0 Å². The molecular formula is C14H19ClN2O2. The van der Waals surface area contributed by atoms with E-state index in [9.17, 15) is 4.79 Å². The highest BCUT2D eigenvalue weighted by Gasteiger charge is 2.34. The Morgan fingerprint density at radius 1 is 1.53 bits per heavy atom. The number of rotatable bonds is 1. The lowest BCUT2D eigenvalue weighted by Crippen LogP contribution is -2.53. The van der Waals surface area contributed by atoms with Crippen LogP contribution in [0.1, 0.15) is 31.1 Å². The number of carbonyl (C=O) groups excluding carboxylic acids is 1. The summed E-state index contributed by atoms with van der Waals surface area (Å²) >= 11 is 5.85. The van der Waals surface area contributed by atoms with E-state index in [1.54, 1.807) is 23.1 Å². The molecule has 1 aromatic carbocycles. The molecule has 2 N–H and O–H groups in total. The summed E-state index contributed by atoms with van der Waals surface area (Å²) in [5, 5.41) is 0.532. The smallest absolute Gasteiger partial charge is 0.256 e. The van der Waals surface area contributed by atoms with Crippen LogP contribution in [0.2, 0.25) is 5.02 Å². The number of nitrogens with zero attached hydrogens (tertiary/aromatic N) is 1. The molecule has 1 atom stereocenters. The first kappa shape index (κ1) is 14.2. The molecule has 0 aromatic heterocycles. The Hall–Kier alpha value is -1.26. The molecule has 1 unspecified atom stereocenters. The molecule has 4 nitrogen and oxygen atoms in total. The van der Waals surface area contributed by atoms with Crippen molar-refractivity contribution < 1.29 is 9.53 Å². The Bertz CT molecular complexity index is 502. The van der Waals surface area contributed by atoms with Crippen LogP contribution in [-0.4, -0.2) is 35.6 Å². The minimum atomic E-state index is -0.339. The van der Waals surface area contributed by atoms with Gasteiger partial charge in [0.25, 0.3) is 5.91 Å². The highest BCUT2D eigenvalue weighted by Crippen LogP contribution is 2.25. The second-order valence-corrected chi connectivity index (χ2v) is 6.04. The minimum absolute atomic E-state index is 0.0150. The van der Waals surface area contributed by atoms with Crippen molar-refractivity contribution in [1.82, 2.24) is 4.90 Å². The number of anilines is 1. The lowest BCUT2D eigenvalue weighted by Gasteiger charge is -2.41. The van der Waals surface area contributed by atoms with Gasteiger partial charge in [-0.1, -0.05) is 11.6 Å². The summed E-state index contributed by atoms with van der Waals surface area (Å²) in [5.74, 6) is -0.0719. The predicted molar refractivity (Wildman–Crippen MR) is 76.4 cm³/mol. The Labute approximate surface area is 118 Å². The van der Waals surface area contributed by atoms with Crippen molar-refractivity contribution in [3.63, 3.8) is 0 Å². The maximum absolute atomic E-state index is 12.5. The van der Waals surface area contributed by atoms with Gasteiger partial charge in [-0.3, -0.25) is 4.79 Å². The Kier molecular flexibility index (Phi) is 3.74. The molecule has 0 bridgehead atoms. The van der Waals surface area contributed by atoms with Crippen molar-refractivity contribution in [2.45, 2.75) is 32.5 Å². The lowest BCUT2D eigenvalue weighted by molar-refractivity contribution is -0.118. The van der Waals surface area contributed by atoms with Gasteiger partial charge < -0.3 is 15.4 Å². The van der Waals surface area contributed by atoms with Gasteiger partial charge in [-0.15, -0.1) is 0 Å². The monoisotopic (exact) mass is 282 g/mol. The number of hydrogen-bond donors (Lipinski definition) is 1. The minimum Gasteiger partial charge on any atom is -0.398 e. The topological polar surface area (TPSA) is 55.6 Å². The molecule has 1 heterocycles. The van der Waals surface area contributed by atoms with Crippen LogP contribution in [0.25, 0.3) is 0 Å². The number of halogens is 1. The van der Waals surface area contributed by atoms with Gasteiger partial charge in [0.15, 0.2) is 0 Å².